The second-order valence-corrected chi connectivity index (χ2v) is 3.08. The SMILES string of the molecule is COc1cc(F)ccc1C(O)C(O)CO. The van der Waals surface area contributed by atoms with Crippen LogP contribution in [0.5, 0.6) is 5.75 Å². The Morgan fingerprint density at radius 3 is 2.60 bits per heavy atom. The summed E-state index contributed by atoms with van der Waals surface area (Å²) in [5.41, 5.74) is 0.237. The highest BCUT2D eigenvalue weighted by molar-refractivity contribution is 5.36. The minimum atomic E-state index is -1.32. The molecule has 84 valence electrons. The predicted molar refractivity (Wildman–Crippen MR) is 51.0 cm³/mol. The van der Waals surface area contributed by atoms with E-state index in [1.807, 2.05) is 0 Å². The Balaban J connectivity index is 3.02. The van der Waals surface area contributed by atoms with E-state index in [0.717, 1.165) is 12.1 Å². The van der Waals surface area contributed by atoms with E-state index in [4.69, 9.17) is 9.84 Å². The number of methoxy groups -OCH3 is 1. The van der Waals surface area contributed by atoms with Gasteiger partial charge in [-0.15, -0.1) is 0 Å². The van der Waals surface area contributed by atoms with E-state index in [1.54, 1.807) is 0 Å². The van der Waals surface area contributed by atoms with Crippen molar-refractivity contribution in [1.29, 1.82) is 0 Å². The fraction of sp³-hybridized carbons (Fsp3) is 0.400. The molecule has 0 aliphatic heterocycles. The molecule has 0 aromatic heterocycles. The fourth-order valence-electron chi connectivity index (χ4n) is 1.24. The molecule has 0 heterocycles. The van der Waals surface area contributed by atoms with Crippen LogP contribution in [0.25, 0.3) is 0 Å². The van der Waals surface area contributed by atoms with Gasteiger partial charge in [-0.3, -0.25) is 0 Å². The maximum absolute atomic E-state index is 12.8. The average molecular weight is 216 g/mol. The zero-order valence-electron chi connectivity index (χ0n) is 8.22. The Hall–Kier alpha value is -1.17. The van der Waals surface area contributed by atoms with Crippen molar-refractivity contribution in [2.75, 3.05) is 13.7 Å². The van der Waals surface area contributed by atoms with Crippen molar-refractivity contribution in [1.82, 2.24) is 0 Å². The Morgan fingerprint density at radius 1 is 1.40 bits per heavy atom. The van der Waals surface area contributed by atoms with Crippen molar-refractivity contribution in [2.45, 2.75) is 12.2 Å². The lowest BCUT2D eigenvalue weighted by molar-refractivity contribution is -0.0162. The van der Waals surface area contributed by atoms with Crippen LogP contribution in [-0.2, 0) is 0 Å². The van der Waals surface area contributed by atoms with Crippen LogP contribution >= 0.6 is 0 Å². The zero-order valence-corrected chi connectivity index (χ0v) is 8.22. The van der Waals surface area contributed by atoms with Gasteiger partial charge in [0.15, 0.2) is 0 Å². The molecule has 4 nitrogen and oxygen atoms in total. The Labute approximate surface area is 86.6 Å². The first kappa shape index (κ1) is 11.9. The van der Waals surface area contributed by atoms with Crippen LogP contribution < -0.4 is 4.74 Å². The summed E-state index contributed by atoms with van der Waals surface area (Å²) in [6.45, 7) is -0.582. The molecule has 15 heavy (non-hydrogen) atoms. The molecule has 0 radical (unpaired) electrons. The van der Waals surface area contributed by atoms with Gasteiger partial charge in [0.1, 0.15) is 23.8 Å². The summed E-state index contributed by atoms with van der Waals surface area (Å²) in [6.07, 6.45) is -2.62. The van der Waals surface area contributed by atoms with Gasteiger partial charge in [-0.05, 0) is 12.1 Å². The van der Waals surface area contributed by atoms with E-state index in [2.05, 4.69) is 0 Å². The maximum Gasteiger partial charge on any atom is 0.127 e. The van der Waals surface area contributed by atoms with Crippen LogP contribution in [0.15, 0.2) is 18.2 Å². The number of rotatable bonds is 4. The second-order valence-electron chi connectivity index (χ2n) is 3.08. The molecular weight excluding hydrogens is 203 g/mol. The number of benzene rings is 1. The van der Waals surface area contributed by atoms with E-state index in [1.165, 1.54) is 13.2 Å². The maximum atomic E-state index is 12.8. The molecule has 3 N–H and O–H groups in total. The fourth-order valence-corrected chi connectivity index (χ4v) is 1.24. The quantitative estimate of drug-likeness (QED) is 0.673. The minimum Gasteiger partial charge on any atom is -0.496 e. The summed E-state index contributed by atoms with van der Waals surface area (Å²) in [5, 5.41) is 27.5. The third kappa shape index (κ3) is 2.65. The first-order valence-electron chi connectivity index (χ1n) is 4.40. The summed E-state index contributed by atoms with van der Waals surface area (Å²) in [6, 6.07) is 3.55. The van der Waals surface area contributed by atoms with Gasteiger partial charge in [0.2, 0.25) is 0 Å². The van der Waals surface area contributed by atoms with Gasteiger partial charge in [0.05, 0.1) is 13.7 Å². The molecular formula is C10H13FO4. The third-order valence-corrected chi connectivity index (χ3v) is 2.07. The molecule has 1 rings (SSSR count). The molecule has 1 aromatic rings. The van der Waals surface area contributed by atoms with E-state index in [-0.39, 0.29) is 11.3 Å². The van der Waals surface area contributed by atoms with Crippen molar-refractivity contribution < 1.29 is 24.4 Å². The summed E-state index contributed by atoms with van der Waals surface area (Å²) in [7, 11) is 1.33. The highest BCUT2D eigenvalue weighted by atomic mass is 19.1. The number of hydrogen-bond donors (Lipinski definition) is 3. The molecule has 0 amide bonds. The van der Waals surface area contributed by atoms with E-state index in [0.29, 0.717) is 0 Å². The Morgan fingerprint density at radius 2 is 2.07 bits per heavy atom. The van der Waals surface area contributed by atoms with Crippen molar-refractivity contribution in [3.63, 3.8) is 0 Å². The van der Waals surface area contributed by atoms with Crippen LogP contribution in [0.2, 0.25) is 0 Å². The second kappa shape index (κ2) is 5.06. The molecule has 0 aliphatic carbocycles. The molecule has 2 unspecified atom stereocenters. The highest BCUT2D eigenvalue weighted by Crippen LogP contribution is 2.27. The smallest absolute Gasteiger partial charge is 0.127 e. The molecule has 5 heteroatoms. The first-order valence-corrected chi connectivity index (χ1v) is 4.40. The third-order valence-electron chi connectivity index (χ3n) is 2.07. The number of ether oxygens (including phenoxy) is 1. The molecule has 0 saturated carbocycles. The molecule has 0 bridgehead atoms. The summed E-state index contributed by atoms with van der Waals surface area (Å²) >= 11 is 0. The lowest BCUT2D eigenvalue weighted by Gasteiger charge is -2.18. The molecule has 0 aliphatic rings. The highest BCUT2D eigenvalue weighted by Gasteiger charge is 2.21. The van der Waals surface area contributed by atoms with Crippen molar-refractivity contribution >= 4 is 0 Å². The number of hydrogen-bond acceptors (Lipinski definition) is 4. The summed E-state index contributed by atoms with van der Waals surface area (Å²) in [4.78, 5) is 0. The Bertz CT molecular complexity index is 329. The van der Waals surface area contributed by atoms with Crippen LogP contribution in [0.4, 0.5) is 4.39 Å². The molecule has 0 spiro atoms. The largest absolute Gasteiger partial charge is 0.496 e. The van der Waals surface area contributed by atoms with Gasteiger partial charge in [-0.25, -0.2) is 4.39 Å². The number of halogens is 1. The van der Waals surface area contributed by atoms with Gasteiger partial charge in [-0.2, -0.15) is 0 Å². The summed E-state index contributed by atoms with van der Waals surface area (Å²) in [5.74, 6) is -0.365. The molecule has 1 aromatic carbocycles. The van der Waals surface area contributed by atoms with Crippen molar-refractivity contribution in [3.8, 4) is 5.75 Å². The van der Waals surface area contributed by atoms with Crippen LogP contribution in [0, 0.1) is 5.82 Å². The topological polar surface area (TPSA) is 69.9 Å². The van der Waals surface area contributed by atoms with Crippen molar-refractivity contribution in [3.05, 3.63) is 29.6 Å². The van der Waals surface area contributed by atoms with E-state index >= 15 is 0 Å². The van der Waals surface area contributed by atoms with Gasteiger partial charge in [0.25, 0.3) is 0 Å². The van der Waals surface area contributed by atoms with Gasteiger partial charge < -0.3 is 20.1 Å². The lowest BCUT2D eigenvalue weighted by Crippen LogP contribution is -2.22. The number of aliphatic hydroxyl groups excluding tert-OH is 3. The molecule has 0 fully saturated rings. The average Bonchev–Trinajstić information content (AvgIpc) is 2.26. The normalized spacial score (nSPS) is 14.7. The van der Waals surface area contributed by atoms with Gasteiger partial charge >= 0.3 is 0 Å². The van der Waals surface area contributed by atoms with E-state index in [9.17, 15) is 14.6 Å². The van der Waals surface area contributed by atoms with Gasteiger partial charge in [0, 0.05) is 11.6 Å². The molecule has 0 saturated heterocycles. The van der Waals surface area contributed by atoms with Crippen LogP contribution in [0.1, 0.15) is 11.7 Å². The lowest BCUT2D eigenvalue weighted by atomic mass is 10.0. The predicted octanol–water partition coefficient (Wildman–Crippen LogP) is 0.221. The minimum absolute atomic E-state index is 0.134. The monoisotopic (exact) mass is 216 g/mol. The summed E-state index contributed by atoms with van der Waals surface area (Å²) < 4.78 is 17.7. The van der Waals surface area contributed by atoms with Gasteiger partial charge in [-0.1, -0.05) is 0 Å². The van der Waals surface area contributed by atoms with Crippen LogP contribution in [0.3, 0.4) is 0 Å². The Kier molecular flexibility index (Phi) is 4.02. The molecule has 2 atom stereocenters. The van der Waals surface area contributed by atoms with Crippen LogP contribution in [-0.4, -0.2) is 35.1 Å². The zero-order chi connectivity index (χ0) is 11.4. The number of aliphatic hydroxyl groups is 3. The van der Waals surface area contributed by atoms with Crippen molar-refractivity contribution in [2.24, 2.45) is 0 Å². The first-order chi connectivity index (χ1) is 7.10. The van der Waals surface area contributed by atoms with E-state index < -0.39 is 24.6 Å². The standard InChI is InChI=1S/C10H13FO4/c1-15-9-4-6(11)2-3-7(9)10(14)8(13)5-12/h2-4,8,10,12-14H,5H2,1H3.